The first-order valence-electron chi connectivity index (χ1n) is 5.01. The predicted octanol–water partition coefficient (Wildman–Crippen LogP) is 2.54. The third-order valence-electron chi connectivity index (χ3n) is 2.19. The van der Waals surface area contributed by atoms with E-state index < -0.39 is 5.95 Å². The van der Waals surface area contributed by atoms with Crippen LogP contribution < -0.4 is 5.32 Å². The number of anilines is 1. The molecule has 0 saturated heterocycles. The number of hydrogen-bond acceptors (Lipinski definition) is 3. The van der Waals surface area contributed by atoms with Crippen molar-refractivity contribution in [3.8, 4) is 0 Å². The number of benzene rings is 1. The van der Waals surface area contributed by atoms with E-state index in [2.05, 4.69) is 21.4 Å². The Morgan fingerprint density at radius 1 is 1.25 bits per heavy atom. The molecule has 0 unspecified atom stereocenters. The molecule has 0 amide bonds. The van der Waals surface area contributed by atoms with Crippen LogP contribution in [0.25, 0.3) is 0 Å². The Balaban J connectivity index is 2.02. The number of rotatable bonds is 3. The maximum absolute atomic E-state index is 12.8. The Hall–Kier alpha value is -1.97. The van der Waals surface area contributed by atoms with Gasteiger partial charge in [-0.25, -0.2) is 9.97 Å². The van der Waals surface area contributed by atoms with Gasteiger partial charge >= 0.3 is 0 Å². The largest absolute Gasteiger partial charge is 0.366 e. The molecule has 16 heavy (non-hydrogen) atoms. The van der Waals surface area contributed by atoms with E-state index in [0.717, 1.165) is 5.56 Å². The number of nitrogens with one attached hydrogen (secondary N) is 1. The van der Waals surface area contributed by atoms with Crippen molar-refractivity contribution in [2.24, 2.45) is 0 Å². The summed E-state index contributed by atoms with van der Waals surface area (Å²) in [6.45, 7) is 2.66. The highest BCUT2D eigenvalue weighted by molar-refractivity contribution is 5.34. The SMILES string of the molecule is Cc1cccc(CNc2cc(F)ncn2)c1. The van der Waals surface area contributed by atoms with Gasteiger partial charge in [0.05, 0.1) is 0 Å². The smallest absolute Gasteiger partial charge is 0.217 e. The molecule has 0 radical (unpaired) electrons. The zero-order valence-electron chi connectivity index (χ0n) is 8.94. The van der Waals surface area contributed by atoms with Gasteiger partial charge in [0.1, 0.15) is 12.1 Å². The molecule has 1 aromatic heterocycles. The molecule has 0 aliphatic carbocycles. The van der Waals surface area contributed by atoms with Crippen LogP contribution >= 0.6 is 0 Å². The van der Waals surface area contributed by atoms with Gasteiger partial charge in [0.15, 0.2) is 0 Å². The summed E-state index contributed by atoms with van der Waals surface area (Å²) in [5.74, 6) is -0.0317. The molecule has 1 N–H and O–H groups in total. The number of nitrogens with zero attached hydrogens (tertiary/aromatic N) is 2. The maximum Gasteiger partial charge on any atom is 0.217 e. The molecule has 0 aliphatic rings. The van der Waals surface area contributed by atoms with Gasteiger partial charge in [-0.2, -0.15) is 4.39 Å². The third kappa shape index (κ3) is 2.76. The molecular weight excluding hydrogens is 205 g/mol. The molecule has 3 nitrogen and oxygen atoms in total. The second-order valence-electron chi connectivity index (χ2n) is 3.57. The molecule has 0 fully saturated rings. The molecule has 1 aromatic carbocycles. The Kier molecular flexibility index (Phi) is 3.10. The van der Waals surface area contributed by atoms with Crippen LogP contribution in [0.15, 0.2) is 36.7 Å². The quantitative estimate of drug-likeness (QED) is 0.803. The lowest BCUT2D eigenvalue weighted by Gasteiger charge is -2.05. The zero-order chi connectivity index (χ0) is 11.4. The number of aromatic nitrogens is 2. The Morgan fingerprint density at radius 3 is 2.88 bits per heavy atom. The van der Waals surface area contributed by atoms with E-state index in [1.54, 1.807) is 0 Å². The molecular formula is C12H12FN3. The minimum absolute atomic E-state index is 0.494. The van der Waals surface area contributed by atoms with E-state index in [-0.39, 0.29) is 0 Å². The monoisotopic (exact) mass is 217 g/mol. The molecule has 0 saturated carbocycles. The van der Waals surface area contributed by atoms with E-state index in [0.29, 0.717) is 12.4 Å². The average Bonchev–Trinajstić information content (AvgIpc) is 2.27. The Labute approximate surface area is 93.4 Å². The normalized spacial score (nSPS) is 10.1. The van der Waals surface area contributed by atoms with Gasteiger partial charge in [-0.1, -0.05) is 29.8 Å². The van der Waals surface area contributed by atoms with Gasteiger partial charge in [0, 0.05) is 12.6 Å². The average molecular weight is 217 g/mol. The van der Waals surface area contributed by atoms with Crippen molar-refractivity contribution in [2.75, 3.05) is 5.32 Å². The summed E-state index contributed by atoms with van der Waals surface area (Å²) in [6, 6.07) is 9.39. The van der Waals surface area contributed by atoms with Crippen molar-refractivity contribution < 1.29 is 4.39 Å². The molecule has 1 heterocycles. The number of halogens is 1. The lowest BCUT2D eigenvalue weighted by atomic mass is 10.1. The van der Waals surface area contributed by atoms with Crippen LogP contribution in [0, 0.1) is 12.9 Å². The van der Waals surface area contributed by atoms with Gasteiger partial charge in [-0.3, -0.25) is 0 Å². The summed E-state index contributed by atoms with van der Waals surface area (Å²) in [5, 5.41) is 3.04. The Bertz CT molecular complexity index is 440. The highest BCUT2D eigenvalue weighted by Gasteiger charge is 1.97. The molecule has 0 bridgehead atoms. The van der Waals surface area contributed by atoms with Crippen LogP contribution in [0.2, 0.25) is 0 Å². The van der Waals surface area contributed by atoms with Crippen molar-refractivity contribution in [1.82, 2.24) is 9.97 Å². The minimum Gasteiger partial charge on any atom is -0.366 e. The van der Waals surface area contributed by atoms with E-state index in [1.165, 1.54) is 18.0 Å². The van der Waals surface area contributed by atoms with Crippen molar-refractivity contribution in [2.45, 2.75) is 13.5 Å². The van der Waals surface area contributed by atoms with Crippen molar-refractivity contribution in [3.63, 3.8) is 0 Å². The van der Waals surface area contributed by atoms with Crippen LogP contribution in [-0.4, -0.2) is 9.97 Å². The lowest BCUT2D eigenvalue weighted by Crippen LogP contribution is -2.02. The number of hydrogen-bond donors (Lipinski definition) is 1. The van der Waals surface area contributed by atoms with Crippen molar-refractivity contribution in [3.05, 3.63) is 53.7 Å². The third-order valence-corrected chi connectivity index (χ3v) is 2.19. The fraction of sp³-hybridized carbons (Fsp3) is 0.167. The summed E-state index contributed by atoms with van der Waals surface area (Å²) in [4.78, 5) is 7.31. The van der Waals surface area contributed by atoms with Crippen molar-refractivity contribution >= 4 is 5.82 Å². The zero-order valence-corrected chi connectivity index (χ0v) is 8.94. The van der Waals surface area contributed by atoms with E-state index in [9.17, 15) is 4.39 Å². The minimum atomic E-state index is -0.526. The maximum atomic E-state index is 12.8. The summed E-state index contributed by atoms with van der Waals surface area (Å²) < 4.78 is 12.8. The topological polar surface area (TPSA) is 37.8 Å². The van der Waals surface area contributed by atoms with E-state index in [1.807, 2.05) is 25.1 Å². The van der Waals surface area contributed by atoms with Crippen LogP contribution in [0.3, 0.4) is 0 Å². The molecule has 4 heteroatoms. The van der Waals surface area contributed by atoms with E-state index >= 15 is 0 Å². The van der Waals surface area contributed by atoms with Gasteiger partial charge < -0.3 is 5.32 Å². The van der Waals surface area contributed by atoms with Crippen molar-refractivity contribution in [1.29, 1.82) is 0 Å². The molecule has 82 valence electrons. The predicted molar refractivity (Wildman–Crippen MR) is 60.5 cm³/mol. The fourth-order valence-electron chi connectivity index (χ4n) is 1.44. The second-order valence-corrected chi connectivity index (χ2v) is 3.57. The summed E-state index contributed by atoms with van der Waals surface area (Å²) in [7, 11) is 0. The Morgan fingerprint density at radius 2 is 2.12 bits per heavy atom. The first-order chi connectivity index (χ1) is 7.74. The lowest BCUT2D eigenvalue weighted by molar-refractivity contribution is 0.580. The van der Waals surface area contributed by atoms with Gasteiger partial charge in [0.2, 0.25) is 5.95 Å². The fourth-order valence-corrected chi connectivity index (χ4v) is 1.44. The molecule has 2 rings (SSSR count). The summed E-state index contributed by atoms with van der Waals surface area (Å²) in [6.07, 6.45) is 1.20. The standard InChI is InChI=1S/C12H12FN3/c1-9-3-2-4-10(5-9)7-14-12-6-11(13)15-8-16-12/h2-6,8H,7H2,1H3,(H,14,15,16). The first-order valence-corrected chi connectivity index (χ1v) is 5.01. The first kappa shape index (κ1) is 10.5. The molecule has 0 spiro atoms. The molecule has 0 aliphatic heterocycles. The van der Waals surface area contributed by atoms with Gasteiger partial charge in [-0.05, 0) is 12.5 Å². The highest BCUT2D eigenvalue weighted by Crippen LogP contribution is 2.08. The van der Waals surface area contributed by atoms with Gasteiger partial charge in [0.25, 0.3) is 0 Å². The molecule has 2 aromatic rings. The van der Waals surface area contributed by atoms with Crippen LogP contribution in [-0.2, 0) is 6.54 Å². The summed E-state index contributed by atoms with van der Waals surface area (Å²) in [5.41, 5.74) is 2.34. The van der Waals surface area contributed by atoms with Crippen LogP contribution in [0.4, 0.5) is 10.2 Å². The molecule has 0 atom stereocenters. The van der Waals surface area contributed by atoms with Crippen LogP contribution in [0.1, 0.15) is 11.1 Å². The second kappa shape index (κ2) is 4.70. The van der Waals surface area contributed by atoms with Gasteiger partial charge in [-0.15, -0.1) is 0 Å². The summed E-state index contributed by atoms with van der Waals surface area (Å²) >= 11 is 0. The van der Waals surface area contributed by atoms with Crippen LogP contribution in [0.5, 0.6) is 0 Å². The highest BCUT2D eigenvalue weighted by atomic mass is 19.1. The number of aryl methyl sites for hydroxylation is 1. The van der Waals surface area contributed by atoms with E-state index in [4.69, 9.17) is 0 Å².